The Balaban J connectivity index is 0.000000145. The van der Waals surface area contributed by atoms with Gasteiger partial charge in [0.15, 0.2) is 0 Å². The summed E-state index contributed by atoms with van der Waals surface area (Å²) >= 11 is 0. The zero-order chi connectivity index (χ0) is 9.68. The minimum absolute atomic E-state index is 0.435. The van der Waals surface area contributed by atoms with E-state index in [1.54, 1.807) is 0 Å². The third-order valence-electron chi connectivity index (χ3n) is 2.83. The van der Waals surface area contributed by atoms with Gasteiger partial charge in [0, 0.05) is 12.6 Å². The molecule has 0 radical (unpaired) electrons. The van der Waals surface area contributed by atoms with Gasteiger partial charge in [0.05, 0.1) is 0 Å². The fourth-order valence-electron chi connectivity index (χ4n) is 1.53. The van der Waals surface area contributed by atoms with Crippen molar-refractivity contribution in [2.24, 2.45) is 0 Å². The molecule has 0 bridgehead atoms. The number of hydrogen-bond donors (Lipinski definition) is 1. The average molecular weight is 188 g/mol. The molecule has 1 aliphatic carbocycles. The molecule has 78 valence electrons. The number of alkyl halides is 1. The van der Waals surface area contributed by atoms with Crippen molar-refractivity contribution >= 4 is 0 Å². The number of rotatable bonds is 1. The molecule has 1 heterocycles. The maximum absolute atomic E-state index is 11.5. The summed E-state index contributed by atoms with van der Waals surface area (Å²) < 4.78 is 11.5. The van der Waals surface area contributed by atoms with E-state index in [0.717, 1.165) is 25.3 Å². The first-order chi connectivity index (χ1) is 6.22. The Bertz CT molecular complexity index is 137. The number of likely N-dealkylation sites (tertiary alicyclic amines) is 1. The van der Waals surface area contributed by atoms with Gasteiger partial charge < -0.3 is 10.2 Å². The van der Waals surface area contributed by atoms with Crippen LogP contribution in [0.5, 0.6) is 0 Å². The fourth-order valence-corrected chi connectivity index (χ4v) is 1.53. The Kier molecular flexibility index (Phi) is 4.67. The van der Waals surface area contributed by atoms with E-state index in [4.69, 9.17) is 0 Å². The van der Waals surface area contributed by atoms with E-state index in [1.165, 1.54) is 19.5 Å². The minimum Gasteiger partial charge on any atom is -0.316 e. The third kappa shape index (κ3) is 4.05. The highest BCUT2D eigenvalue weighted by atomic mass is 19.1. The second kappa shape index (κ2) is 5.55. The zero-order valence-corrected chi connectivity index (χ0v) is 8.72. The van der Waals surface area contributed by atoms with Crippen LogP contribution >= 0.6 is 0 Å². The molecule has 3 heteroatoms. The van der Waals surface area contributed by atoms with Crippen LogP contribution in [-0.4, -0.2) is 44.3 Å². The van der Waals surface area contributed by atoms with Crippen molar-refractivity contribution in [3.05, 3.63) is 0 Å². The number of nitrogens with one attached hydrogen (secondary N) is 1. The SMILES string of the molecule is CNC1CCN(C)C1.FC1CCC1. The standard InChI is InChI=1S/C6H14N2.C4H7F/c1-7-6-3-4-8(2)5-6;5-4-2-1-3-4/h6-7H,3-5H2,1-2H3;4H,1-3H2. The molecule has 0 spiro atoms. The van der Waals surface area contributed by atoms with Gasteiger partial charge in [-0.1, -0.05) is 0 Å². The molecule has 0 aromatic heterocycles. The predicted molar refractivity (Wildman–Crippen MR) is 53.7 cm³/mol. The van der Waals surface area contributed by atoms with Crippen LogP contribution in [0, 0.1) is 0 Å². The summed E-state index contributed by atoms with van der Waals surface area (Å²) in [5, 5.41) is 3.25. The maximum atomic E-state index is 11.5. The Labute approximate surface area is 80.5 Å². The van der Waals surface area contributed by atoms with Crippen molar-refractivity contribution in [2.75, 3.05) is 27.2 Å². The number of hydrogen-bond acceptors (Lipinski definition) is 2. The van der Waals surface area contributed by atoms with Gasteiger partial charge in [0.1, 0.15) is 6.17 Å². The summed E-state index contributed by atoms with van der Waals surface area (Å²) in [5.41, 5.74) is 0. The van der Waals surface area contributed by atoms with Crippen LogP contribution in [0.4, 0.5) is 4.39 Å². The molecule has 13 heavy (non-hydrogen) atoms. The fraction of sp³-hybridized carbons (Fsp3) is 1.00. The molecule has 2 aliphatic rings. The highest BCUT2D eigenvalue weighted by Crippen LogP contribution is 2.20. The lowest BCUT2D eigenvalue weighted by molar-refractivity contribution is 0.211. The van der Waals surface area contributed by atoms with Gasteiger partial charge in [0.25, 0.3) is 0 Å². The van der Waals surface area contributed by atoms with Crippen LogP contribution in [0.15, 0.2) is 0 Å². The van der Waals surface area contributed by atoms with Crippen molar-refractivity contribution in [3.8, 4) is 0 Å². The van der Waals surface area contributed by atoms with Gasteiger partial charge in [-0.05, 0) is 46.3 Å². The first-order valence-electron chi connectivity index (χ1n) is 5.22. The normalized spacial score (nSPS) is 29.3. The van der Waals surface area contributed by atoms with Crippen molar-refractivity contribution < 1.29 is 4.39 Å². The molecule has 1 saturated carbocycles. The lowest BCUT2D eigenvalue weighted by Crippen LogP contribution is -2.27. The summed E-state index contributed by atoms with van der Waals surface area (Å²) in [6.07, 6.45) is 3.63. The summed E-state index contributed by atoms with van der Waals surface area (Å²) in [6.45, 7) is 2.47. The highest BCUT2D eigenvalue weighted by molar-refractivity contribution is 4.76. The first kappa shape index (κ1) is 10.9. The van der Waals surface area contributed by atoms with Crippen LogP contribution in [0.25, 0.3) is 0 Å². The third-order valence-corrected chi connectivity index (χ3v) is 2.83. The molecule has 2 rings (SSSR count). The van der Waals surface area contributed by atoms with E-state index in [1.807, 2.05) is 7.05 Å². The van der Waals surface area contributed by atoms with E-state index < -0.39 is 6.17 Å². The molecule has 1 saturated heterocycles. The summed E-state index contributed by atoms with van der Waals surface area (Å²) in [4.78, 5) is 2.35. The van der Waals surface area contributed by atoms with Gasteiger partial charge in [0.2, 0.25) is 0 Å². The van der Waals surface area contributed by atoms with Gasteiger partial charge in [-0.2, -0.15) is 0 Å². The zero-order valence-electron chi connectivity index (χ0n) is 8.72. The topological polar surface area (TPSA) is 15.3 Å². The highest BCUT2D eigenvalue weighted by Gasteiger charge is 2.16. The van der Waals surface area contributed by atoms with Crippen LogP contribution < -0.4 is 5.32 Å². The summed E-state index contributed by atoms with van der Waals surface area (Å²) in [6, 6.07) is 0.750. The monoisotopic (exact) mass is 188 g/mol. The molecule has 0 aromatic carbocycles. The quantitative estimate of drug-likeness (QED) is 0.669. The van der Waals surface area contributed by atoms with Crippen molar-refractivity contribution in [1.82, 2.24) is 10.2 Å². The number of nitrogens with zero attached hydrogens (tertiary/aromatic N) is 1. The summed E-state index contributed by atoms with van der Waals surface area (Å²) in [7, 11) is 4.20. The lowest BCUT2D eigenvalue weighted by Gasteiger charge is -2.14. The summed E-state index contributed by atoms with van der Waals surface area (Å²) in [5.74, 6) is 0. The van der Waals surface area contributed by atoms with Gasteiger partial charge in [-0.3, -0.25) is 0 Å². The lowest BCUT2D eigenvalue weighted by atomic mass is 9.98. The van der Waals surface area contributed by atoms with Crippen LogP contribution in [-0.2, 0) is 0 Å². The first-order valence-corrected chi connectivity index (χ1v) is 5.22. The molecule has 1 unspecified atom stereocenters. The van der Waals surface area contributed by atoms with Gasteiger partial charge in [-0.15, -0.1) is 0 Å². The Morgan fingerprint density at radius 3 is 2.08 bits per heavy atom. The Hall–Kier alpha value is -0.150. The second-order valence-corrected chi connectivity index (χ2v) is 4.06. The maximum Gasteiger partial charge on any atom is 0.100 e. The number of likely N-dealkylation sites (N-methyl/N-ethyl adjacent to an activating group) is 2. The van der Waals surface area contributed by atoms with Crippen molar-refractivity contribution in [2.45, 2.75) is 37.9 Å². The van der Waals surface area contributed by atoms with E-state index in [9.17, 15) is 4.39 Å². The molecule has 0 aromatic rings. The largest absolute Gasteiger partial charge is 0.316 e. The molecule has 0 amide bonds. The van der Waals surface area contributed by atoms with Crippen molar-refractivity contribution in [3.63, 3.8) is 0 Å². The Morgan fingerprint density at radius 2 is 1.92 bits per heavy atom. The second-order valence-electron chi connectivity index (χ2n) is 4.06. The van der Waals surface area contributed by atoms with Crippen molar-refractivity contribution in [1.29, 1.82) is 0 Å². The van der Waals surface area contributed by atoms with Crippen LogP contribution in [0.2, 0.25) is 0 Å². The predicted octanol–water partition coefficient (Wildman–Crippen LogP) is 1.42. The average Bonchev–Trinajstić information content (AvgIpc) is 2.49. The molecule has 1 N–H and O–H groups in total. The minimum atomic E-state index is -0.435. The molecular formula is C10H21FN2. The molecule has 1 atom stereocenters. The van der Waals surface area contributed by atoms with Crippen LogP contribution in [0.3, 0.4) is 0 Å². The smallest absolute Gasteiger partial charge is 0.100 e. The molecule has 2 fully saturated rings. The van der Waals surface area contributed by atoms with E-state index in [2.05, 4.69) is 17.3 Å². The molecular weight excluding hydrogens is 167 g/mol. The van der Waals surface area contributed by atoms with E-state index in [0.29, 0.717) is 0 Å². The Morgan fingerprint density at radius 1 is 1.31 bits per heavy atom. The van der Waals surface area contributed by atoms with Crippen LogP contribution in [0.1, 0.15) is 25.7 Å². The van der Waals surface area contributed by atoms with Gasteiger partial charge in [-0.25, -0.2) is 4.39 Å². The number of halogens is 1. The van der Waals surface area contributed by atoms with Gasteiger partial charge >= 0.3 is 0 Å². The molecule has 1 aliphatic heterocycles. The van der Waals surface area contributed by atoms with E-state index in [-0.39, 0.29) is 0 Å². The molecule has 2 nitrogen and oxygen atoms in total. The van der Waals surface area contributed by atoms with E-state index >= 15 is 0 Å².